The average Bonchev–Trinajstić information content (AvgIpc) is 2.36. The van der Waals surface area contributed by atoms with Gasteiger partial charge in [-0.3, -0.25) is 14.8 Å². The van der Waals surface area contributed by atoms with Crippen LogP contribution in [0.4, 0.5) is 10.2 Å². The number of anilines is 1. The van der Waals surface area contributed by atoms with Crippen LogP contribution in [0.15, 0.2) is 12.3 Å². The molecule has 0 fully saturated rings. The van der Waals surface area contributed by atoms with Crippen molar-refractivity contribution in [3.8, 4) is 0 Å². The zero-order valence-corrected chi connectivity index (χ0v) is 9.66. The van der Waals surface area contributed by atoms with Gasteiger partial charge in [0.1, 0.15) is 0 Å². The Hall–Kier alpha value is -2.22. The maximum atomic E-state index is 13.5. The molecule has 18 heavy (non-hydrogen) atoms. The molecule has 0 aliphatic rings. The predicted molar refractivity (Wildman–Crippen MR) is 60.6 cm³/mol. The second kappa shape index (κ2) is 6.50. The van der Waals surface area contributed by atoms with E-state index >= 15 is 0 Å². The van der Waals surface area contributed by atoms with E-state index in [0.717, 1.165) is 12.3 Å². The lowest BCUT2D eigenvalue weighted by Crippen LogP contribution is -2.30. The standard InChI is InChI=1S/C10H13FN4O3/c1-2-12-8(16)5-14-9-7(11)3-6(4-13-9)10(17)15-18/h3-4,18H,2,5H2,1H3,(H,12,16)(H,13,14)(H,15,17). The first-order chi connectivity index (χ1) is 8.58. The largest absolute Gasteiger partial charge is 0.359 e. The third-order valence-corrected chi connectivity index (χ3v) is 2.00. The SMILES string of the molecule is CCNC(=O)CNc1ncc(C(=O)NO)cc1F. The summed E-state index contributed by atoms with van der Waals surface area (Å²) in [4.78, 5) is 25.7. The quantitative estimate of drug-likeness (QED) is 0.434. The van der Waals surface area contributed by atoms with Gasteiger partial charge in [-0.2, -0.15) is 0 Å². The van der Waals surface area contributed by atoms with Gasteiger partial charge >= 0.3 is 0 Å². The second-order valence-electron chi connectivity index (χ2n) is 3.30. The van der Waals surface area contributed by atoms with Gasteiger partial charge in [-0.05, 0) is 13.0 Å². The predicted octanol–water partition coefficient (Wildman–Crippen LogP) is -0.112. The highest BCUT2D eigenvalue weighted by molar-refractivity contribution is 5.93. The van der Waals surface area contributed by atoms with Gasteiger partial charge in [0.15, 0.2) is 11.6 Å². The summed E-state index contributed by atoms with van der Waals surface area (Å²) in [6, 6.07) is 0.901. The minimum atomic E-state index is -0.864. The van der Waals surface area contributed by atoms with Crippen LogP contribution in [0.3, 0.4) is 0 Å². The first-order valence-electron chi connectivity index (χ1n) is 5.19. The fourth-order valence-corrected chi connectivity index (χ4v) is 1.18. The number of hydrogen-bond donors (Lipinski definition) is 4. The first kappa shape index (κ1) is 13.8. The summed E-state index contributed by atoms with van der Waals surface area (Å²) < 4.78 is 13.5. The number of hydroxylamine groups is 1. The minimum Gasteiger partial charge on any atom is -0.359 e. The van der Waals surface area contributed by atoms with Crippen LogP contribution in [-0.2, 0) is 4.79 Å². The van der Waals surface area contributed by atoms with Gasteiger partial charge < -0.3 is 10.6 Å². The molecule has 2 amide bonds. The Morgan fingerprint density at radius 3 is 2.78 bits per heavy atom. The third kappa shape index (κ3) is 3.67. The Kier molecular flexibility index (Phi) is 5.00. The number of carbonyl (C=O) groups is 2. The van der Waals surface area contributed by atoms with E-state index in [1.54, 1.807) is 6.92 Å². The zero-order valence-electron chi connectivity index (χ0n) is 9.66. The summed E-state index contributed by atoms with van der Waals surface area (Å²) in [5.74, 6) is -2.09. The molecule has 0 saturated heterocycles. The molecule has 0 spiro atoms. The van der Waals surface area contributed by atoms with E-state index in [9.17, 15) is 14.0 Å². The number of rotatable bonds is 5. The fourth-order valence-electron chi connectivity index (χ4n) is 1.18. The number of pyridine rings is 1. The van der Waals surface area contributed by atoms with E-state index in [1.807, 2.05) is 0 Å². The Morgan fingerprint density at radius 1 is 1.50 bits per heavy atom. The van der Waals surface area contributed by atoms with Crippen LogP contribution >= 0.6 is 0 Å². The molecule has 98 valence electrons. The van der Waals surface area contributed by atoms with Crippen LogP contribution < -0.4 is 16.1 Å². The van der Waals surface area contributed by atoms with E-state index in [-0.39, 0.29) is 23.8 Å². The molecular weight excluding hydrogens is 243 g/mol. The summed E-state index contributed by atoms with van der Waals surface area (Å²) >= 11 is 0. The molecule has 0 unspecified atom stereocenters. The van der Waals surface area contributed by atoms with Crippen molar-refractivity contribution < 1.29 is 19.2 Å². The number of nitrogens with zero attached hydrogens (tertiary/aromatic N) is 1. The summed E-state index contributed by atoms with van der Waals surface area (Å²) in [5, 5.41) is 13.4. The highest BCUT2D eigenvalue weighted by atomic mass is 19.1. The van der Waals surface area contributed by atoms with E-state index in [0.29, 0.717) is 6.54 Å². The molecule has 4 N–H and O–H groups in total. The summed E-state index contributed by atoms with van der Waals surface area (Å²) in [6.07, 6.45) is 1.08. The molecule has 7 nitrogen and oxygen atoms in total. The molecule has 0 aromatic carbocycles. The van der Waals surface area contributed by atoms with Crippen molar-refractivity contribution in [1.82, 2.24) is 15.8 Å². The number of likely N-dealkylation sites (N-methyl/N-ethyl adjacent to an activating group) is 1. The van der Waals surface area contributed by atoms with Crippen LogP contribution in [0.25, 0.3) is 0 Å². The van der Waals surface area contributed by atoms with Gasteiger partial charge in [0, 0.05) is 12.7 Å². The topological polar surface area (TPSA) is 103 Å². The lowest BCUT2D eigenvalue weighted by Gasteiger charge is -2.07. The number of halogens is 1. The van der Waals surface area contributed by atoms with Crippen molar-refractivity contribution in [2.75, 3.05) is 18.4 Å². The smallest absolute Gasteiger partial charge is 0.276 e. The van der Waals surface area contributed by atoms with Crippen LogP contribution in [0.1, 0.15) is 17.3 Å². The van der Waals surface area contributed by atoms with Crippen LogP contribution in [-0.4, -0.2) is 35.1 Å². The molecule has 0 bridgehead atoms. The van der Waals surface area contributed by atoms with Crippen molar-refractivity contribution in [2.45, 2.75) is 6.92 Å². The van der Waals surface area contributed by atoms with Gasteiger partial charge in [-0.25, -0.2) is 14.9 Å². The van der Waals surface area contributed by atoms with Gasteiger partial charge in [0.05, 0.1) is 12.1 Å². The van der Waals surface area contributed by atoms with E-state index in [1.165, 1.54) is 5.48 Å². The van der Waals surface area contributed by atoms with Gasteiger partial charge in [0.25, 0.3) is 5.91 Å². The van der Waals surface area contributed by atoms with Crippen LogP contribution in [0.2, 0.25) is 0 Å². The summed E-state index contributed by atoms with van der Waals surface area (Å²) in [7, 11) is 0. The Balaban J connectivity index is 2.68. The molecule has 1 aromatic rings. The number of nitrogens with one attached hydrogen (secondary N) is 3. The maximum Gasteiger partial charge on any atom is 0.276 e. The normalized spacial score (nSPS) is 9.72. The lowest BCUT2D eigenvalue weighted by molar-refractivity contribution is -0.119. The highest BCUT2D eigenvalue weighted by Crippen LogP contribution is 2.11. The molecule has 0 saturated carbocycles. The molecular formula is C10H13FN4O3. The van der Waals surface area contributed by atoms with Crippen molar-refractivity contribution in [2.24, 2.45) is 0 Å². The Labute approximate surface area is 102 Å². The lowest BCUT2D eigenvalue weighted by atomic mass is 10.2. The summed E-state index contributed by atoms with van der Waals surface area (Å²) in [6.45, 7) is 2.12. The van der Waals surface area contributed by atoms with Crippen molar-refractivity contribution in [3.63, 3.8) is 0 Å². The zero-order chi connectivity index (χ0) is 13.5. The van der Waals surface area contributed by atoms with Crippen LogP contribution in [0, 0.1) is 5.82 Å². The molecule has 0 aliphatic heterocycles. The number of amides is 2. The maximum absolute atomic E-state index is 13.5. The molecule has 1 aromatic heterocycles. The number of carbonyl (C=O) groups excluding carboxylic acids is 2. The first-order valence-corrected chi connectivity index (χ1v) is 5.19. The molecule has 0 atom stereocenters. The molecule has 8 heteroatoms. The van der Waals surface area contributed by atoms with Crippen molar-refractivity contribution in [1.29, 1.82) is 0 Å². The van der Waals surface area contributed by atoms with Gasteiger partial charge in [-0.1, -0.05) is 0 Å². The molecule has 0 aliphatic carbocycles. The Bertz CT molecular complexity index is 453. The number of hydrogen-bond acceptors (Lipinski definition) is 5. The van der Waals surface area contributed by atoms with Crippen molar-refractivity contribution >= 4 is 17.6 Å². The van der Waals surface area contributed by atoms with E-state index in [2.05, 4.69) is 15.6 Å². The van der Waals surface area contributed by atoms with Crippen LogP contribution in [0.5, 0.6) is 0 Å². The minimum absolute atomic E-state index is 0.122. The van der Waals surface area contributed by atoms with E-state index < -0.39 is 11.7 Å². The average molecular weight is 256 g/mol. The van der Waals surface area contributed by atoms with E-state index in [4.69, 9.17) is 5.21 Å². The number of aromatic nitrogens is 1. The molecule has 0 radical (unpaired) electrons. The van der Waals surface area contributed by atoms with Gasteiger partial charge in [-0.15, -0.1) is 0 Å². The third-order valence-electron chi connectivity index (χ3n) is 2.00. The second-order valence-corrected chi connectivity index (χ2v) is 3.30. The fraction of sp³-hybridized carbons (Fsp3) is 0.300. The molecule has 1 rings (SSSR count). The summed E-state index contributed by atoms with van der Waals surface area (Å²) in [5.41, 5.74) is 1.24. The van der Waals surface area contributed by atoms with Crippen molar-refractivity contribution in [3.05, 3.63) is 23.6 Å². The monoisotopic (exact) mass is 256 g/mol. The Morgan fingerprint density at radius 2 is 2.22 bits per heavy atom. The molecule has 1 heterocycles. The highest BCUT2D eigenvalue weighted by Gasteiger charge is 2.10. The van der Waals surface area contributed by atoms with Gasteiger partial charge in [0.2, 0.25) is 5.91 Å².